The molecule has 3 fully saturated rings. The number of alkyl halides is 3. The van der Waals surface area contributed by atoms with Gasteiger partial charge in [0.15, 0.2) is 0 Å². The van der Waals surface area contributed by atoms with E-state index in [4.69, 9.17) is 14.2 Å². The predicted octanol–water partition coefficient (Wildman–Crippen LogP) is 2.20. The number of halogens is 3. The summed E-state index contributed by atoms with van der Waals surface area (Å²) < 4.78 is 59.0. The van der Waals surface area contributed by atoms with Crippen LogP contribution in [0.5, 0.6) is 5.75 Å². The third-order valence-corrected chi connectivity index (χ3v) is 7.61. The van der Waals surface area contributed by atoms with Crippen LogP contribution in [0.15, 0.2) is 12.3 Å². The smallest absolute Gasteiger partial charge is 0.404 e. The average Bonchev–Trinajstić information content (AvgIpc) is 3.35. The van der Waals surface area contributed by atoms with Gasteiger partial charge in [0.05, 0.1) is 30.4 Å². The molecule has 1 amide bonds. The Labute approximate surface area is 196 Å². The summed E-state index contributed by atoms with van der Waals surface area (Å²) in [5, 5.41) is 3.69. The molecular weight excluding hydrogens is 455 g/mol. The molecule has 1 saturated carbocycles. The molecule has 0 aromatic carbocycles. The Kier molecular flexibility index (Phi) is 6.47. The van der Waals surface area contributed by atoms with Crippen LogP contribution >= 0.6 is 0 Å². The fourth-order valence-electron chi connectivity index (χ4n) is 5.99. The molecule has 1 aromatic heterocycles. The van der Waals surface area contributed by atoms with E-state index in [9.17, 15) is 18.0 Å². The second kappa shape index (κ2) is 9.25. The van der Waals surface area contributed by atoms with Gasteiger partial charge in [-0.15, -0.1) is 13.2 Å². The van der Waals surface area contributed by atoms with Crippen molar-refractivity contribution in [1.29, 1.82) is 0 Å². The summed E-state index contributed by atoms with van der Waals surface area (Å²) in [7, 11) is 1.68. The third kappa shape index (κ3) is 4.62. The van der Waals surface area contributed by atoms with E-state index in [1.165, 1.54) is 6.07 Å². The van der Waals surface area contributed by atoms with Gasteiger partial charge < -0.3 is 29.2 Å². The quantitative estimate of drug-likeness (QED) is 0.685. The number of carbonyl (C=O) groups excluding carboxylic acids is 1. The van der Waals surface area contributed by atoms with Gasteiger partial charge in [-0.25, -0.2) is 0 Å². The van der Waals surface area contributed by atoms with Gasteiger partial charge >= 0.3 is 6.36 Å². The number of nitrogens with one attached hydrogen (secondary N) is 1. The molecule has 1 aromatic rings. The minimum absolute atomic E-state index is 0.0161. The normalized spacial score (nSPS) is 33.5. The molecule has 8 nitrogen and oxygen atoms in total. The number of nitrogens with zero attached hydrogens (tertiary/aromatic N) is 2. The van der Waals surface area contributed by atoms with Crippen LogP contribution in [0, 0.1) is 5.41 Å². The number of amides is 1. The van der Waals surface area contributed by atoms with Crippen molar-refractivity contribution in [2.45, 2.75) is 69.3 Å². The lowest BCUT2D eigenvalue weighted by molar-refractivity contribution is -0.274. The average molecular weight is 486 g/mol. The van der Waals surface area contributed by atoms with Gasteiger partial charge in [-0.3, -0.25) is 9.78 Å². The van der Waals surface area contributed by atoms with Crippen molar-refractivity contribution < 1.29 is 36.9 Å². The molecule has 3 aliphatic heterocycles. The number of hydrogen-bond donors (Lipinski definition) is 1. The minimum Gasteiger partial charge on any atom is -0.404 e. The summed E-state index contributed by atoms with van der Waals surface area (Å²) in [5.74, 6) is -0.350. The van der Waals surface area contributed by atoms with Crippen molar-refractivity contribution in [3.8, 4) is 5.75 Å². The summed E-state index contributed by atoms with van der Waals surface area (Å²) in [4.78, 5) is 19.7. The first-order valence-corrected chi connectivity index (χ1v) is 11.8. The van der Waals surface area contributed by atoms with Crippen LogP contribution in [0.2, 0.25) is 0 Å². The van der Waals surface area contributed by atoms with E-state index in [-0.39, 0.29) is 42.5 Å². The summed E-state index contributed by atoms with van der Waals surface area (Å²) in [6.07, 6.45) is -0.494. The van der Waals surface area contributed by atoms with Crippen molar-refractivity contribution in [3.05, 3.63) is 23.5 Å². The van der Waals surface area contributed by atoms with Gasteiger partial charge in [0.25, 0.3) is 0 Å². The summed E-state index contributed by atoms with van der Waals surface area (Å²) in [6.45, 7) is 2.46. The molecule has 0 bridgehead atoms. The van der Waals surface area contributed by atoms with Crippen molar-refractivity contribution in [1.82, 2.24) is 15.2 Å². The molecular formula is C23H30F3N3O5. The van der Waals surface area contributed by atoms with Gasteiger partial charge in [-0.1, -0.05) is 0 Å². The number of methoxy groups -OCH3 is 1. The maximum Gasteiger partial charge on any atom is 0.573 e. The Hall–Kier alpha value is -1.95. The molecule has 0 spiro atoms. The molecule has 5 rings (SSSR count). The van der Waals surface area contributed by atoms with E-state index in [1.54, 1.807) is 12.0 Å². The van der Waals surface area contributed by atoms with Crippen LogP contribution in [0.1, 0.15) is 36.9 Å². The fraction of sp³-hybridized carbons (Fsp3) is 0.739. The highest BCUT2D eigenvalue weighted by Gasteiger charge is 2.58. The number of fused-ring (bicyclic) bond motifs is 2. The van der Waals surface area contributed by atoms with Crippen molar-refractivity contribution in [2.75, 3.05) is 33.5 Å². The van der Waals surface area contributed by atoms with Crippen LogP contribution in [-0.4, -0.2) is 79.9 Å². The summed E-state index contributed by atoms with van der Waals surface area (Å²) in [5.41, 5.74) is 0.675. The molecule has 1 aliphatic carbocycles. The van der Waals surface area contributed by atoms with Crippen LogP contribution in [0.3, 0.4) is 0 Å². The second-order valence-corrected chi connectivity index (χ2v) is 9.61. The monoisotopic (exact) mass is 485 g/mol. The highest BCUT2D eigenvalue weighted by atomic mass is 19.4. The zero-order valence-corrected chi connectivity index (χ0v) is 19.1. The lowest BCUT2D eigenvalue weighted by atomic mass is 9.80. The maximum absolute atomic E-state index is 13.8. The fourth-order valence-corrected chi connectivity index (χ4v) is 5.99. The zero-order chi connectivity index (χ0) is 23.9. The number of rotatable bonds is 5. The first kappa shape index (κ1) is 23.8. The molecule has 11 heteroatoms. The molecule has 5 unspecified atom stereocenters. The second-order valence-electron chi connectivity index (χ2n) is 9.61. The third-order valence-electron chi connectivity index (χ3n) is 7.61. The molecule has 4 heterocycles. The van der Waals surface area contributed by atoms with E-state index in [2.05, 4.69) is 15.0 Å². The lowest BCUT2D eigenvalue weighted by Gasteiger charge is -2.37. The van der Waals surface area contributed by atoms with Crippen molar-refractivity contribution in [3.63, 3.8) is 0 Å². The van der Waals surface area contributed by atoms with Gasteiger partial charge in [0.2, 0.25) is 5.91 Å². The van der Waals surface area contributed by atoms with Crippen LogP contribution in [0.25, 0.3) is 0 Å². The van der Waals surface area contributed by atoms with Crippen LogP contribution in [-0.2, 0) is 32.0 Å². The van der Waals surface area contributed by atoms with Gasteiger partial charge in [0.1, 0.15) is 5.75 Å². The molecule has 1 N–H and O–H groups in total. The van der Waals surface area contributed by atoms with Gasteiger partial charge in [-0.05, 0) is 37.3 Å². The van der Waals surface area contributed by atoms with Crippen LogP contribution in [0.4, 0.5) is 13.2 Å². The van der Waals surface area contributed by atoms with Crippen molar-refractivity contribution in [2.24, 2.45) is 5.41 Å². The highest BCUT2D eigenvalue weighted by molar-refractivity contribution is 5.84. The highest BCUT2D eigenvalue weighted by Crippen LogP contribution is 2.49. The number of aromatic nitrogens is 1. The molecule has 2 saturated heterocycles. The summed E-state index contributed by atoms with van der Waals surface area (Å²) in [6, 6.07) is 1.63. The topological polar surface area (TPSA) is 82.2 Å². The predicted molar refractivity (Wildman–Crippen MR) is 113 cm³/mol. The Morgan fingerprint density at radius 3 is 3.00 bits per heavy atom. The Balaban J connectivity index is 1.29. The SMILES string of the molecule is COC1COCCC1NC1CC2OCCC2(C(=O)N2CCc3ncc(OC(F)(F)F)cc3C2)C1. The molecule has 5 atom stereocenters. The number of carbonyl (C=O) groups is 1. The Bertz CT molecular complexity index is 916. The zero-order valence-electron chi connectivity index (χ0n) is 19.1. The number of ether oxygens (including phenoxy) is 4. The van der Waals surface area contributed by atoms with E-state index < -0.39 is 11.8 Å². The van der Waals surface area contributed by atoms with E-state index >= 15 is 0 Å². The standard InChI is InChI=1S/C23H30F3N3O5/c1-31-19-13-32-6-3-18(19)28-15-9-20-22(10-15,4-7-33-20)21(30)29-5-2-17-14(12-29)8-16(11-27-17)34-23(24,25)26/h8,11,15,18-20,28H,2-7,9-10,12-13H2,1H3. The summed E-state index contributed by atoms with van der Waals surface area (Å²) >= 11 is 0. The van der Waals surface area contributed by atoms with Crippen molar-refractivity contribution >= 4 is 5.91 Å². The Morgan fingerprint density at radius 1 is 1.35 bits per heavy atom. The van der Waals surface area contributed by atoms with Gasteiger partial charge in [-0.2, -0.15) is 0 Å². The molecule has 188 valence electrons. The molecule has 4 aliphatic rings. The maximum atomic E-state index is 13.8. The minimum atomic E-state index is -4.79. The molecule has 0 radical (unpaired) electrons. The first-order valence-electron chi connectivity index (χ1n) is 11.8. The van der Waals surface area contributed by atoms with Crippen LogP contribution < -0.4 is 10.1 Å². The largest absolute Gasteiger partial charge is 0.573 e. The Morgan fingerprint density at radius 2 is 2.21 bits per heavy atom. The van der Waals surface area contributed by atoms with E-state index in [0.717, 1.165) is 19.0 Å². The number of hydrogen-bond acceptors (Lipinski definition) is 7. The lowest BCUT2D eigenvalue weighted by Crippen LogP contribution is -2.51. The number of pyridine rings is 1. The van der Waals surface area contributed by atoms with Gasteiger partial charge in [0, 0.05) is 57.6 Å². The first-order chi connectivity index (χ1) is 16.3. The van der Waals surface area contributed by atoms with E-state index in [1.807, 2.05) is 0 Å². The molecule has 34 heavy (non-hydrogen) atoms. The van der Waals surface area contributed by atoms with E-state index in [0.29, 0.717) is 56.9 Å².